The SMILES string of the molecule is CCN1CCN(C(=O)CNC(=O)c2ccc(C)cc2)CC1. The van der Waals surface area contributed by atoms with Crippen molar-refractivity contribution < 1.29 is 9.59 Å². The zero-order chi connectivity index (χ0) is 15.2. The molecule has 1 aliphatic heterocycles. The maximum Gasteiger partial charge on any atom is 0.251 e. The summed E-state index contributed by atoms with van der Waals surface area (Å²) in [6, 6.07) is 7.33. The molecule has 1 fully saturated rings. The zero-order valence-electron chi connectivity index (χ0n) is 12.8. The summed E-state index contributed by atoms with van der Waals surface area (Å²) in [5.41, 5.74) is 1.70. The quantitative estimate of drug-likeness (QED) is 0.895. The Balaban J connectivity index is 1.78. The monoisotopic (exact) mass is 289 g/mol. The summed E-state index contributed by atoms with van der Waals surface area (Å²) in [7, 11) is 0. The van der Waals surface area contributed by atoms with E-state index in [2.05, 4.69) is 17.1 Å². The molecule has 0 radical (unpaired) electrons. The lowest BCUT2D eigenvalue weighted by molar-refractivity contribution is -0.131. The van der Waals surface area contributed by atoms with Gasteiger partial charge >= 0.3 is 0 Å². The standard InChI is InChI=1S/C16H23N3O2/c1-3-18-8-10-19(11-9-18)15(20)12-17-16(21)14-6-4-13(2)5-7-14/h4-7H,3,8-12H2,1-2H3,(H,17,21). The third-order valence-electron chi connectivity index (χ3n) is 3.89. The van der Waals surface area contributed by atoms with Crippen LogP contribution in [0.25, 0.3) is 0 Å². The molecule has 1 heterocycles. The third-order valence-corrected chi connectivity index (χ3v) is 3.89. The second-order valence-corrected chi connectivity index (χ2v) is 5.36. The van der Waals surface area contributed by atoms with Crippen LogP contribution in [0.2, 0.25) is 0 Å². The molecule has 1 saturated heterocycles. The van der Waals surface area contributed by atoms with Gasteiger partial charge in [0.25, 0.3) is 5.91 Å². The van der Waals surface area contributed by atoms with Gasteiger partial charge in [-0.05, 0) is 25.6 Å². The number of rotatable bonds is 4. The van der Waals surface area contributed by atoms with Crippen LogP contribution in [-0.4, -0.2) is 60.9 Å². The Bertz CT molecular complexity index is 491. The highest BCUT2D eigenvalue weighted by atomic mass is 16.2. The van der Waals surface area contributed by atoms with E-state index in [1.807, 2.05) is 24.0 Å². The molecule has 0 aliphatic carbocycles. The fourth-order valence-electron chi connectivity index (χ4n) is 2.39. The average Bonchev–Trinajstić information content (AvgIpc) is 2.53. The van der Waals surface area contributed by atoms with E-state index in [0.717, 1.165) is 38.3 Å². The van der Waals surface area contributed by atoms with Crippen molar-refractivity contribution in [2.24, 2.45) is 0 Å². The molecule has 21 heavy (non-hydrogen) atoms. The van der Waals surface area contributed by atoms with Crippen molar-refractivity contribution in [1.82, 2.24) is 15.1 Å². The normalized spacial score (nSPS) is 15.8. The molecular weight excluding hydrogens is 266 g/mol. The molecule has 0 atom stereocenters. The highest BCUT2D eigenvalue weighted by Crippen LogP contribution is 2.04. The summed E-state index contributed by atoms with van der Waals surface area (Å²) in [5.74, 6) is -0.207. The maximum atomic E-state index is 12.1. The summed E-state index contributed by atoms with van der Waals surface area (Å²) in [6.07, 6.45) is 0. The van der Waals surface area contributed by atoms with E-state index in [-0.39, 0.29) is 18.4 Å². The largest absolute Gasteiger partial charge is 0.343 e. The fourth-order valence-corrected chi connectivity index (χ4v) is 2.39. The van der Waals surface area contributed by atoms with Gasteiger partial charge in [-0.15, -0.1) is 0 Å². The zero-order valence-corrected chi connectivity index (χ0v) is 12.8. The van der Waals surface area contributed by atoms with Crippen molar-refractivity contribution in [2.75, 3.05) is 39.3 Å². The third kappa shape index (κ3) is 4.29. The van der Waals surface area contributed by atoms with Gasteiger partial charge in [-0.3, -0.25) is 9.59 Å². The summed E-state index contributed by atoms with van der Waals surface area (Å²) in [4.78, 5) is 28.2. The van der Waals surface area contributed by atoms with Gasteiger partial charge in [0.1, 0.15) is 0 Å². The van der Waals surface area contributed by atoms with Gasteiger partial charge in [0.15, 0.2) is 0 Å². The Morgan fingerprint density at radius 2 is 1.71 bits per heavy atom. The van der Waals surface area contributed by atoms with E-state index < -0.39 is 0 Å². The lowest BCUT2D eigenvalue weighted by atomic mass is 10.1. The number of aryl methyl sites for hydroxylation is 1. The number of amides is 2. The number of hydrogen-bond donors (Lipinski definition) is 1. The lowest BCUT2D eigenvalue weighted by Crippen LogP contribution is -2.51. The van der Waals surface area contributed by atoms with Crippen LogP contribution >= 0.6 is 0 Å². The smallest absolute Gasteiger partial charge is 0.251 e. The van der Waals surface area contributed by atoms with Crippen molar-refractivity contribution in [1.29, 1.82) is 0 Å². The minimum atomic E-state index is -0.199. The molecule has 1 N–H and O–H groups in total. The van der Waals surface area contributed by atoms with Crippen LogP contribution in [0, 0.1) is 6.92 Å². The topological polar surface area (TPSA) is 52.6 Å². The number of benzene rings is 1. The minimum Gasteiger partial charge on any atom is -0.343 e. The Morgan fingerprint density at radius 1 is 1.10 bits per heavy atom. The first-order chi connectivity index (χ1) is 10.1. The Kier molecular flexibility index (Phi) is 5.33. The molecule has 0 unspecified atom stereocenters. The summed E-state index contributed by atoms with van der Waals surface area (Å²) >= 11 is 0. The van der Waals surface area contributed by atoms with E-state index in [4.69, 9.17) is 0 Å². The minimum absolute atomic E-state index is 0.00813. The number of hydrogen-bond acceptors (Lipinski definition) is 3. The number of nitrogens with one attached hydrogen (secondary N) is 1. The average molecular weight is 289 g/mol. The molecule has 2 amide bonds. The van der Waals surface area contributed by atoms with Gasteiger partial charge in [-0.25, -0.2) is 0 Å². The van der Waals surface area contributed by atoms with Crippen molar-refractivity contribution in [3.63, 3.8) is 0 Å². The fraction of sp³-hybridized carbons (Fsp3) is 0.500. The highest BCUT2D eigenvalue weighted by molar-refractivity contribution is 5.96. The Labute approximate surface area is 125 Å². The number of piperazine rings is 1. The number of carbonyl (C=O) groups is 2. The summed E-state index contributed by atoms with van der Waals surface area (Å²) < 4.78 is 0. The van der Waals surface area contributed by atoms with Crippen LogP contribution in [-0.2, 0) is 4.79 Å². The second kappa shape index (κ2) is 7.22. The summed E-state index contributed by atoms with van der Waals surface area (Å²) in [5, 5.41) is 2.70. The van der Waals surface area contributed by atoms with Crippen molar-refractivity contribution in [3.05, 3.63) is 35.4 Å². The van der Waals surface area contributed by atoms with E-state index in [0.29, 0.717) is 5.56 Å². The van der Waals surface area contributed by atoms with Crippen molar-refractivity contribution >= 4 is 11.8 Å². The number of nitrogens with zero attached hydrogens (tertiary/aromatic N) is 2. The highest BCUT2D eigenvalue weighted by Gasteiger charge is 2.20. The van der Waals surface area contributed by atoms with Gasteiger partial charge in [0.05, 0.1) is 6.54 Å². The maximum absolute atomic E-state index is 12.1. The molecule has 0 spiro atoms. The van der Waals surface area contributed by atoms with E-state index in [1.54, 1.807) is 12.1 Å². The molecule has 114 valence electrons. The molecule has 1 aliphatic rings. The molecular formula is C16H23N3O2. The molecule has 0 bridgehead atoms. The van der Waals surface area contributed by atoms with Gasteiger partial charge in [0.2, 0.25) is 5.91 Å². The molecule has 5 heteroatoms. The van der Waals surface area contributed by atoms with Crippen LogP contribution in [0.15, 0.2) is 24.3 Å². The number of carbonyl (C=O) groups excluding carboxylic acids is 2. The molecule has 2 rings (SSSR count). The molecule has 0 aromatic heterocycles. The molecule has 1 aromatic rings. The van der Waals surface area contributed by atoms with Crippen LogP contribution in [0.4, 0.5) is 0 Å². The van der Waals surface area contributed by atoms with Gasteiger partial charge in [0, 0.05) is 31.7 Å². The van der Waals surface area contributed by atoms with Crippen molar-refractivity contribution in [3.8, 4) is 0 Å². The second-order valence-electron chi connectivity index (χ2n) is 5.36. The van der Waals surface area contributed by atoms with Gasteiger partial charge < -0.3 is 15.1 Å². The van der Waals surface area contributed by atoms with Crippen LogP contribution in [0.1, 0.15) is 22.8 Å². The van der Waals surface area contributed by atoms with Crippen LogP contribution in [0.5, 0.6) is 0 Å². The predicted molar refractivity (Wildman–Crippen MR) is 82.2 cm³/mol. The van der Waals surface area contributed by atoms with Crippen LogP contribution < -0.4 is 5.32 Å². The molecule has 1 aromatic carbocycles. The van der Waals surface area contributed by atoms with Crippen LogP contribution in [0.3, 0.4) is 0 Å². The van der Waals surface area contributed by atoms with Gasteiger partial charge in [-0.2, -0.15) is 0 Å². The first-order valence-corrected chi connectivity index (χ1v) is 7.45. The van der Waals surface area contributed by atoms with E-state index in [1.165, 1.54) is 0 Å². The molecule has 5 nitrogen and oxygen atoms in total. The van der Waals surface area contributed by atoms with E-state index in [9.17, 15) is 9.59 Å². The first-order valence-electron chi connectivity index (χ1n) is 7.45. The lowest BCUT2D eigenvalue weighted by Gasteiger charge is -2.34. The Hall–Kier alpha value is -1.88. The van der Waals surface area contributed by atoms with Crippen molar-refractivity contribution in [2.45, 2.75) is 13.8 Å². The van der Waals surface area contributed by atoms with E-state index >= 15 is 0 Å². The Morgan fingerprint density at radius 3 is 2.29 bits per heavy atom. The van der Waals surface area contributed by atoms with Gasteiger partial charge in [-0.1, -0.05) is 24.6 Å². The first kappa shape index (κ1) is 15.5. The predicted octanol–water partition coefficient (Wildman–Crippen LogP) is 0.889. The molecule has 0 saturated carbocycles. The summed E-state index contributed by atoms with van der Waals surface area (Å²) in [6.45, 7) is 8.49. The number of likely N-dealkylation sites (N-methyl/N-ethyl adjacent to an activating group) is 1.